The number of hydrogen-bond donors (Lipinski definition) is 3. The van der Waals surface area contributed by atoms with Crippen molar-refractivity contribution in [3.05, 3.63) is 29.8 Å². The Balaban J connectivity index is 2.00. The van der Waals surface area contributed by atoms with Crippen LogP contribution in [0.15, 0.2) is 28.8 Å². The molecule has 0 radical (unpaired) electrons. The van der Waals surface area contributed by atoms with Crippen LogP contribution in [-0.4, -0.2) is 54.9 Å². The highest BCUT2D eigenvalue weighted by atomic mass is 16.5. The first kappa shape index (κ1) is 18.7. The van der Waals surface area contributed by atoms with Gasteiger partial charge in [0.25, 0.3) is 5.91 Å². The minimum Gasteiger partial charge on any atom is -0.497 e. The van der Waals surface area contributed by atoms with Crippen LogP contribution in [-0.2, 0) is 4.79 Å². The third-order valence-corrected chi connectivity index (χ3v) is 4.49. The zero-order valence-corrected chi connectivity index (χ0v) is 15.0. The Hall–Kier alpha value is -3.07. The molecule has 1 fully saturated rings. The highest BCUT2D eigenvalue weighted by molar-refractivity contribution is 6.05. The second kappa shape index (κ2) is 8.09. The van der Waals surface area contributed by atoms with Crippen molar-refractivity contribution in [1.82, 2.24) is 10.5 Å². The van der Waals surface area contributed by atoms with E-state index in [1.165, 1.54) is 0 Å². The lowest BCUT2D eigenvalue weighted by Crippen LogP contribution is -2.47. The number of ether oxygens (including phenoxy) is 1. The summed E-state index contributed by atoms with van der Waals surface area (Å²) in [5.41, 5.74) is 6.06. The van der Waals surface area contributed by atoms with E-state index in [-0.39, 0.29) is 11.3 Å². The number of nitrogens with one attached hydrogen (secondary N) is 1. The molecule has 9 heteroatoms. The number of amides is 2. The lowest BCUT2D eigenvalue weighted by molar-refractivity contribution is -0.120. The van der Waals surface area contributed by atoms with Crippen LogP contribution in [0.1, 0.15) is 23.2 Å². The maximum Gasteiger partial charge on any atom is 0.259 e. The van der Waals surface area contributed by atoms with Crippen molar-refractivity contribution in [3.8, 4) is 17.1 Å². The largest absolute Gasteiger partial charge is 0.497 e. The van der Waals surface area contributed by atoms with E-state index < -0.39 is 24.5 Å². The molecule has 1 atom stereocenters. The zero-order valence-electron chi connectivity index (χ0n) is 15.0. The Morgan fingerprint density at radius 3 is 2.56 bits per heavy atom. The quantitative estimate of drug-likeness (QED) is 0.644. The third-order valence-electron chi connectivity index (χ3n) is 4.49. The van der Waals surface area contributed by atoms with Crippen LogP contribution in [0.25, 0.3) is 11.3 Å². The van der Waals surface area contributed by atoms with Crippen molar-refractivity contribution >= 4 is 17.6 Å². The Kier molecular flexibility index (Phi) is 5.60. The highest BCUT2D eigenvalue weighted by Crippen LogP contribution is 2.33. The van der Waals surface area contributed by atoms with Gasteiger partial charge in [0.05, 0.1) is 13.7 Å². The SMILES string of the molecule is COc1ccc(-c2onc(N3CCCC3)c2C(=O)N[C@@H](CO)C(N)=O)cc1. The van der Waals surface area contributed by atoms with Crippen molar-refractivity contribution in [2.45, 2.75) is 18.9 Å². The number of methoxy groups -OCH3 is 1. The van der Waals surface area contributed by atoms with Gasteiger partial charge in [-0.2, -0.15) is 0 Å². The van der Waals surface area contributed by atoms with Crippen molar-refractivity contribution in [2.75, 3.05) is 31.7 Å². The molecule has 1 saturated heterocycles. The molecule has 2 aromatic rings. The van der Waals surface area contributed by atoms with Crippen LogP contribution in [0.4, 0.5) is 5.82 Å². The van der Waals surface area contributed by atoms with Gasteiger partial charge in [-0.3, -0.25) is 9.59 Å². The molecule has 3 rings (SSSR count). The first-order valence-corrected chi connectivity index (χ1v) is 8.65. The molecule has 0 unspecified atom stereocenters. The maximum atomic E-state index is 12.9. The van der Waals surface area contributed by atoms with Crippen LogP contribution < -0.4 is 20.7 Å². The van der Waals surface area contributed by atoms with Crippen LogP contribution in [0.3, 0.4) is 0 Å². The number of nitrogens with two attached hydrogens (primary N) is 1. The summed E-state index contributed by atoms with van der Waals surface area (Å²) in [6, 6.07) is 5.80. The van der Waals surface area contributed by atoms with E-state index in [2.05, 4.69) is 10.5 Å². The number of primary amides is 1. The van der Waals surface area contributed by atoms with Crippen LogP contribution in [0.2, 0.25) is 0 Å². The molecule has 1 aromatic carbocycles. The monoisotopic (exact) mass is 374 g/mol. The Morgan fingerprint density at radius 1 is 1.33 bits per heavy atom. The number of aliphatic hydroxyl groups excluding tert-OH is 1. The van der Waals surface area contributed by atoms with Crippen LogP contribution >= 0.6 is 0 Å². The standard InChI is InChI=1S/C18H22N4O5/c1-26-12-6-4-11(5-7-12)15-14(18(25)20-13(10-23)16(19)24)17(21-27-15)22-8-2-3-9-22/h4-7,13,23H,2-3,8-10H2,1H3,(H2,19,24)(H,20,25)/t13-/m0/s1. The average molecular weight is 374 g/mol. The number of aliphatic hydroxyl groups is 1. The zero-order chi connectivity index (χ0) is 19.4. The molecule has 1 aliphatic heterocycles. The summed E-state index contributed by atoms with van der Waals surface area (Å²) in [6.07, 6.45) is 1.98. The number of carbonyl (C=O) groups excluding carboxylic acids is 2. The summed E-state index contributed by atoms with van der Waals surface area (Å²) in [4.78, 5) is 26.2. The van der Waals surface area contributed by atoms with Crippen molar-refractivity contribution in [2.24, 2.45) is 5.73 Å². The van der Waals surface area contributed by atoms with Crippen LogP contribution in [0, 0.1) is 0 Å². The number of aromatic nitrogens is 1. The van der Waals surface area contributed by atoms with E-state index in [0.29, 0.717) is 17.1 Å². The molecular weight excluding hydrogens is 352 g/mol. The normalized spacial score (nSPS) is 14.8. The fourth-order valence-corrected chi connectivity index (χ4v) is 3.01. The van der Waals surface area contributed by atoms with Gasteiger partial charge in [-0.15, -0.1) is 0 Å². The molecule has 0 spiro atoms. The number of carbonyl (C=O) groups is 2. The average Bonchev–Trinajstić information content (AvgIpc) is 3.35. The summed E-state index contributed by atoms with van der Waals surface area (Å²) in [6.45, 7) is 0.922. The molecule has 2 heterocycles. The van der Waals surface area contributed by atoms with Crippen molar-refractivity contribution in [3.63, 3.8) is 0 Å². The van der Waals surface area contributed by atoms with Gasteiger partial charge in [0.1, 0.15) is 17.4 Å². The first-order chi connectivity index (χ1) is 13.0. The highest BCUT2D eigenvalue weighted by Gasteiger charge is 2.31. The summed E-state index contributed by atoms with van der Waals surface area (Å²) in [5.74, 6) is -0.0499. The molecule has 1 aliphatic rings. The van der Waals surface area contributed by atoms with E-state index in [4.69, 9.17) is 15.0 Å². The number of nitrogens with zero attached hydrogens (tertiary/aromatic N) is 2. The maximum absolute atomic E-state index is 12.9. The van der Waals surface area contributed by atoms with Gasteiger partial charge < -0.3 is 30.3 Å². The molecule has 0 saturated carbocycles. The molecular formula is C18H22N4O5. The Bertz CT molecular complexity index is 812. The number of hydrogen-bond acceptors (Lipinski definition) is 7. The molecule has 144 valence electrons. The lowest BCUT2D eigenvalue weighted by atomic mass is 10.1. The summed E-state index contributed by atoms with van der Waals surface area (Å²) >= 11 is 0. The van der Waals surface area contributed by atoms with Gasteiger partial charge in [-0.25, -0.2) is 0 Å². The van der Waals surface area contributed by atoms with E-state index in [9.17, 15) is 14.7 Å². The summed E-state index contributed by atoms with van der Waals surface area (Å²) < 4.78 is 10.6. The van der Waals surface area contributed by atoms with E-state index in [1.54, 1.807) is 31.4 Å². The Labute approximate surface area is 156 Å². The van der Waals surface area contributed by atoms with Gasteiger partial charge in [-0.05, 0) is 37.1 Å². The molecule has 0 bridgehead atoms. The first-order valence-electron chi connectivity index (χ1n) is 8.65. The molecule has 4 N–H and O–H groups in total. The fourth-order valence-electron chi connectivity index (χ4n) is 3.01. The fraction of sp³-hybridized carbons (Fsp3) is 0.389. The molecule has 1 aromatic heterocycles. The number of anilines is 1. The minimum absolute atomic E-state index is 0.210. The predicted molar refractivity (Wildman–Crippen MR) is 97.5 cm³/mol. The Morgan fingerprint density at radius 2 is 2.00 bits per heavy atom. The molecule has 9 nitrogen and oxygen atoms in total. The van der Waals surface area contributed by atoms with Gasteiger partial charge in [0.2, 0.25) is 5.91 Å². The topological polar surface area (TPSA) is 131 Å². The molecule has 27 heavy (non-hydrogen) atoms. The number of rotatable bonds is 7. The van der Waals surface area contributed by atoms with Gasteiger partial charge in [0.15, 0.2) is 11.6 Å². The molecule has 0 aliphatic carbocycles. The van der Waals surface area contributed by atoms with E-state index in [0.717, 1.165) is 25.9 Å². The predicted octanol–water partition coefficient (Wildman–Crippen LogP) is 0.526. The minimum atomic E-state index is -1.19. The van der Waals surface area contributed by atoms with Gasteiger partial charge in [0, 0.05) is 18.7 Å². The van der Waals surface area contributed by atoms with Crippen LogP contribution in [0.5, 0.6) is 5.75 Å². The second-order valence-corrected chi connectivity index (χ2v) is 6.24. The van der Waals surface area contributed by atoms with E-state index in [1.807, 2.05) is 4.90 Å². The third kappa shape index (κ3) is 3.87. The smallest absolute Gasteiger partial charge is 0.259 e. The van der Waals surface area contributed by atoms with E-state index >= 15 is 0 Å². The van der Waals surface area contributed by atoms with Gasteiger partial charge in [-0.1, -0.05) is 5.16 Å². The lowest BCUT2D eigenvalue weighted by Gasteiger charge is -2.17. The van der Waals surface area contributed by atoms with Crippen molar-refractivity contribution in [1.29, 1.82) is 0 Å². The summed E-state index contributed by atoms with van der Waals surface area (Å²) in [7, 11) is 1.56. The second-order valence-electron chi connectivity index (χ2n) is 6.24. The molecule has 2 amide bonds. The summed E-state index contributed by atoms with van der Waals surface area (Å²) in [5, 5.41) is 15.8. The van der Waals surface area contributed by atoms with Gasteiger partial charge >= 0.3 is 0 Å². The number of benzene rings is 1. The van der Waals surface area contributed by atoms with Crippen molar-refractivity contribution < 1.29 is 24.0 Å².